The number of amides is 2. The molecule has 0 saturated carbocycles. The maximum Gasteiger partial charge on any atom is 0.233 e. The second kappa shape index (κ2) is 7.93. The number of hydrogen-bond acceptors (Lipinski definition) is 3. The maximum atomic E-state index is 12.0. The molecule has 2 amide bonds. The molecule has 0 aromatic heterocycles. The van der Waals surface area contributed by atoms with E-state index in [2.05, 4.69) is 22.8 Å². The Kier molecular flexibility index (Phi) is 5.93. The van der Waals surface area contributed by atoms with Gasteiger partial charge in [0.05, 0.1) is 5.92 Å². The number of nitrogens with one attached hydrogen (secondary N) is 2. The Balaban J connectivity index is 2.10. The van der Waals surface area contributed by atoms with Crippen LogP contribution in [0.3, 0.4) is 0 Å². The molecule has 1 fully saturated rings. The Morgan fingerprint density at radius 1 is 1.33 bits per heavy atom. The smallest absolute Gasteiger partial charge is 0.233 e. The van der Waals surface area contributed by atoms with E-state index in [1.807, 2.05) is 19.1 Å². The van der Waals surface area contributed by atoms with Gasteiger partial charge in [0.25, 0.3) is 0 Å². The highest BCUT2D eigenvalue weighted by Gasteiger charge is 2.20. The van der Waals surface area contributed by atoms with Gasteiger partial charge in [-0.1, -0.05) is 37.6 Å². The van der Waals surface area contributed by atoms with Gasteiger partial charge < -0.3 is 5.32 Å². The molecule has 1 heterocycles. The first-order chi connectivity index (χ1) is 10.3. The van der Waals surface area contributed by atoms with E-state index >= 15 is 0 Å². The van der Waals surface area contributed by atoms with Crippen LogP contribution in [0.2, 0.25) is 0 Å². The Hall–Kier alpha value is -1.68. The van der Waals surface area contributed by atoms with Crippen molar-refractivity contribution in [2.24, 2.45) is 0 Å². The molecule has 1 aliphatic heterocycles. The molecule has 1 saturated heterocycles. The summed E-state index contributed by atoms with van der Waals surface area (Å²) in [6, 6.07) is 8.37. The molecule has 1 atom stereocenters. The fourth-order valence-electron chi connectivity index (χ4n) is 3.05. The molecule has 0 aliphatic carbocycles. The topological polar surface area (TPSA) is 58.2 Å². The third-order valence-corrected chi connectivity index (χ3v) is 4.24. The Morgan fingerprint density at radius 3 is 2.57 bits per heavy atom. The summed E-state index contributed by atoms with van der Waals surface area (Å²) in [5, 5.41) is 5.65. The first kappa shape index (κ1) is 15.7. The normalized spacial score (nSPS) is 17.2. The summed E-state index contributed by atoms with van der Waals surface area (Å²) in [6.45, 7) is 4.20. The van der Waals surface area contributed by atoms with Crippen molar-refractivity contribution in [3.63, 3.8) is 0 Å². The molecule has 2 N–H and O–H groups in total. The second-order valence-corrected chi connectivity index (χ2v) is 5.66. The van der Waals surface area contributed by atoms with Crippen molar-refractivity contribution in [2.45, 2.75) is 44.4 Å². The minimum absolute atomic E-state index is 0.207. The van der Waals surface area contributed by atoms with Gasteiger partial charge >= 0.3 is 0 Å². The van der Waals surface area contributed by atoms with Crippen molar-refractivity contribution in [1.29, 1.82) is 0 Å². The van der Waals surface area contributed by atoms with Gasteiger partial charge in [0.1, 0.15) is 0 Å². The van der Waals surface area contributed by atoms with Crippen LogP contribution in [-0.4, -0.2) is 25.4 Å². The van der Waals surface area contributed by atoms with E-state index in [9.17, 15) is 9.59 Å². The molecule has 1 aromatic rings. The van der Waals surface area contributed by atoms with Crippen LogP contribution in [0.5, 0.6) is 0 Å². The van der Waals surface area contributed by atoms with Crippen LogP contribution in [0.15, 0.2) is 24.3 Å². The first-order valence-corrected chi connectivity index (χ1v) is 7.80. The molecule has 0 radical (unpaired) electrons. The van der Waals surface area contributed by atoms with Crippen molar-refractivity contribution in [2.75, 3.05) is 13.1 Å². The molecule has 1 unspecified atom stereocenters. The molecular weight excluding hydrogens is 264 g/mol. The Labute approximate surface area is 126 Å². The molecule has 0 spiro atoms. The van der Waals surface area contributed by atoms with Gasteiger partial charge in [-0.25, -0.2) is 0 Å². The van der Waals surface area contributed by atoms with E-state index in [-0.39, 0.29) is 11.8 Å². The summed E-state index contributed by atoms with van der Waals surface area (Å²) in [6.07, 6.45) is 4.47. The van der Waals surface area contributed by atoms with Crippen LogP contribution in [-0.2, 0) is 9.59 Å². The number of benzene rings is 1. The third-order valence-electron chi connectivity index (χ3n) is 4.24. The van der Waals surface area contributed by atoms with Crippen molar-refractivity contribution >= 4 is 12.3 Å². The van der Waals surface area contributed by atoms with Gasteiger partial charge in [0.15, 0.2) is 0 Å². The molecule has 21 heavy (non-hydrogen) atoms. The van der Waals surface area contributed by atoms with E-state index in [4.69, 9.17) is 0 Å². The minimum Gasteiger partial charge on any atom is -0.317 e. The number of piperidine rings is 1. The molecule has 4 heteroatoms. The molecule has 2 rings (SSSR count). The van der Waals surface area contributed by atoms with Crippen LogP contribution in [0, 0.1) is 0 Å². The van der Waals surface area contributed by atoms with E-state index in [1.165, 1.54) is 18.4 Å². The highest BCUT2D eigenvalue weighted by molar-refractivity contribution is 5.91. The zero-order valence-corrected chi connectivity index (χ0v) is 12.6. The van der Waals surface area contributed by atoms with Crippen molar-refractivity contribution in [1.82, 2.24) is 10.6 Å². The highest BCUT2D eigenvalue weighted by Crippen LogP contribution is 2.28. The van der Waals surface area contributed by atoms with Gasteiger partial charge in [0.2, 0.25) is 12.3 Å². The average Bonchev–Trinajstić information content (AvgIpc) is 2.54. The van der Waals surface area contributed by atoms with Gasteiger partial charge in [-0.3, -0.25) is 14.9 Å². The van der Waals surface area contributed by atoms with Gasteiger partial charge in [-0.15, -0.1) is 0 Å². The SMILES string of the molecule is CCCC(C(=O)NC=O)c1ccc(C2CCNCC2)cc1. The van der Waals surface area contributed by atoms with Crippen LogP contribution in [0.25, 0.3) is 0 Å². The summed E-state index contributed by atoms with van der Waals surface area (Å²) < 4.78 is 0. The van der Waals surface area contributed by atoms with Crippen molar-refractivity contribution in [3.8, 4) is 0 Å². The van der Waals surface area contributed by atoms with Crippen molar-refractivity contribution in [3.05, 3.63) is 35.4 Å². The maximum absolute atomic E-state index is 12.0. The predicted molar refractivity (Wildman–Crippen MR) is 83.1 cm³/mol. The van der Waals surface area contributed by atoms with Crippen LogP contribution in [0.1, 0.15) is 55.6 Å². The number of imide groups is 1. The van der Waals surface area contributed by atoms with Crippen molar-refractivity contribution < 1.29 is 9.59 Å². The second-order valence-electron chi connectivity index (χ2n) is 5.66. The molecule has 114 valence electrons. The predicted octanol–water partition coefficient (Wildman–Crippen LogP) is 2.31. The Bertz CT molecular complexity index is 464. The van der Waals surface area contributed by atoms with E-state index in [0.29, 0.717) is 12.3 Å². The summed E-state index contributed by atoms with van der Waals surface area (Å²) in [7, 11) is 0. The van der Waals surface area contributed by atoms with Gasteiger partial charge in [-0.2, -0.15) is 0 Å². The summed E-state index contributed by atoms with van der Waals surface area (Å²) in [5.41, 5.74) is 2.35. The number of carbonyl (C=O) groups excluding carboxylic acids is 2. The summed E-state index contributed by atoms with van der Waals surface area (Å²) >= 11 is 0. The largest absolute Gasteiger partial charge is 0.317 e. The van der Waals surface area contributed by atoms with E-state index < -0.39 is 0 Å². The number of hydrogen-bond donors (Lipinski definition) is 2. The fraction of sp³-hybridized carbons (Fsp3) is 0.529. The molecule has 1 aromatic carbocycles. The zero-order chi connectivity index (χ0) is 15.1. The quantitative estimate of drug-likeness (QED) is 0.790. The average molecular weight is 288 g/mol. The van der Waals surface area contributed by atoms with Gasteiger partial charge in [0, 0.05) is 0 Å². The zero-order valence-electron chi connectivity index (χ0n) is 12.6. The Morgan fingerprint density at radius 2 is 2.00 bits per heavy atom. The lowest BCUT2D eigenvalue weighted by molar-refractivity contribution is -0.126. The highest BCUT2D eigenvalue weighted by atomic mass is 16.2. The molecular formula is C17H24N2O2. The number of carbonyl (C=O) groups is 2. The first-order valence-electron chi connectivity index (χ1n) is 7.80. The van der Waals surface area contributed by atoms with Gasteiger partial charge in [-0.05, 0) is 49.4 Å². The lowest BCUT2D eigenvalue weighted by Crippen LogP contribution is -2.28. The fourth-order valence-corrected chi connectivity index (χ4v) is 3.05. The van der Waals surface area contributed by atoms with Crippen LogP contribution in [0.4, 0.5) is 0 Å². The van der Waals surface area contributed by atoms with Crippen LogP contribution >= 0.6 is 0 Å². The molecule has 0 bridgehead atoms. The van der Waals surface area contributed by atoms with E-state index in [0.717, 1.165) is 31.5 Å². The van der Waals surface area contributed by atoms with Crippen LogP contribution < -0.4 is 10.6 Å². The standard InChI is InChI=1S/C17H24N2O2/c1-2-3-16(17(21)19-12-20)15-6-4-13(5-7-15)14-8-10-18-11-9-14/h4-7,12,14,16,18H,2-3,8-11H2,1H3,(H,19,20,21). The summed E-state index contributed by atoms with van der Waals surface area (Å²) in [4.78, 5) is 22.4. The summed E-state index contributed by atoms with van der Waals surface area (Å²) in [5.74, 6) is 0.178. The lowest BCUT2D eigenvalue weighted by Gasteiger charge is -2.23. The minimum atomic E-state index is -0.234. The monoisotopic (exact) mass is 288 g/mol. The molecule has 1 aliphatic rings. The molecule has 4 nitrogen and oxygen atoms in total. The lowest BCUT2D eigenvalue weighted by atomic mass is 9.87. The number of rotatable bonds is 6. The van der Waals surface area contributed by atoms with E-state index in [1.54, 1.807) is 0 Å². The third kappa shape index (κ3) is 4.14.